The summed E-state index contributed by atoms with van der Waals surface area (Å²) in [5.41, 5.74) is 0.0302. The van der Waals surface area contributed by atoms with E-state index in [1.807, 2.05) is 0 Å². The number of nitriles is 1. The molecule has 1 aromatic rings. The first-order valence-corrected chi connectivity index (χ1v) is 8.59. The van der Waals surface area contributed by atoms with Gasteiger partial charge in [0.1, 0.15) is 5.82 Å². The monoisotopic (exact) mass is 307 g/mol. The van der Waals surface area contributed by atoms with Crippen LogP contribution in [0.2, 0.25) is 0 Å². The molecule has 0 aliphatic carbocycles. The molecule has 21 heavy (non-hydrogen) atoms. The fourth-order valence-corrected chi connectivity index (χ4v) is 5.95. The van der Waals surface area contributed by atoms with E-state index in [-0.39, 0.29) is 16.9 Å². The average molecular weight is 307 g/mol. The lowest BCUT2D eigenvalue weighted by Crippen LogP contribution is -2.47. The van der Waals surface area contributed by atoms with E-state index >= 15 is 0 Å². The fraction of sp³-hybridized carbons (Fsp3) is 0.562. The highest BCUT2D eigenvalue weighted by Gasteiger charge is 2.47. The van der Waals surface area contributed by atoms with Gasteiger partial charge in [-0.25, -0.2) is 4.39 Å². The molecular weight excluding hydrogens is 289 g/mol. The van der Waals surface area contributed by atoms with Crippen molar-refractivity contribution in [3.63, 3.8) is 0 Å². The van der Waals surface area contributed by atoms with E-state index in [2.05, 4.69) is 6.07 Å². The van der Waals surface area contributed by atoms with Gasteiger partial charge in [-0.2, -0.15) is 5.26 Å². The molecule has 2 bridgehead atoms. The van der Waals surface area contributed by atoms with Crippen LogP contribution in [0.25, 0.3) is 0 Å². The molecule has 112 valence electrons. The van der Waals surface area contributed by atoms with Crippen molar-refractivity contribution in [2.45, 2.75) is 54.6 Å². The van der Waals surface area contributed by atoms with Crippen molar-refractivity contribution < 1.29 is 13.7 Å². The van der Waals surface area contributed by atoms with Crippen molar-refractivity contribution in [2.75, 3.05) is 0 Å². The summed E-state index contributed by atoms with van der Waals surface area (Å²) in [6.45, 7) is 0. The van der Waals surface area contributed by atoms with E-state index in [1.165, 1.54) is 12.1 Å². The second-order valence-electron chi connectivity index (χ2n) is 6.08. The van der Waals surface area contributed by atoms with Crippen LogP contribution in [0.3, 0.4) is 0 Å². The highest BCUT2D eigenvalue weighted by atomic mass is 32.2. The molecule has 0 aromatic heterocycles. The Balaban J connectivity index is 2.01. The van der Waals surface area contributed by atoms with Crippen LogP contribution in [0.4, 0.5) is 4.39 Å². The summed E-state index contributed by atoms with van der Waals surface area (Å²) in [4.78, 5) is 0. The topological polar surface area (TPSA) is 61.1 Å². The largest absolute Gasteiger partial charge is 0.385 e. The molecule has 2 heterocycles. The molecule has 2 aliphatic heterocycles. The zero-order chi connectivity index (χ0) is 15.0. The molecule has 3 nitrogen and oxygen atoms in total. The number of hydrogen-bond donors (Lipinski definition) is 1. The van der Waals surface area contributed by atoms with Gasteiger partial charge < -0.3 is 5.11 Å². The van der Waals surface area contributed by atoms with Gasteiger partial charge >= 0.3 is 0 Å². The number of halogens is 1. The molecule has 2 unspecified atom stereocenters. The quantitative estimate of drug-likeness (QED) is 0.913. The summed E-state index contributed by atoms with van der Waals surface area (Å²) in [6, 6.07) is 6.31. The zero-order valence-corrected chi connectivity index (χ0v) is 12.5. The van der Waals surface area contributed by atoms with Crippen LogP contribution in [0.1, 0.15) is 43.2 Å². The van der Waals surface area contributed by atoms with Crippen molar-refractivity contribution in [1.82, 2.24) is 0 Å². The molecule has 1 N–H and O–H groups in total. The second kappa shape index (κ2) is 5.51. The van der Waals surface area contributed by atoms with Gasteiger partial charge in [0.2, 0.25) is 0 Å². The molecule has 0 amide bonds. The molecule has 0 radical (unpaired) electrons. The van der Waals surface area contributed by atoms with Crippen LogP contribution in [-0.2, 0) is 22.8 Å². The lowest BCUT2D eigenvalue weighted by molar-refractivity contribution is 0.00559. The van der Waals surface area contributed by atoms with E-state index in [9.17, 15) is 13.7 Å². The summed E-state index contributed by atoms with van der Waals surface area (Å²) in [5.74, 6) is -0.406. The van der Waals surface area contributed by atoms with Gasteiger partial charge in [-0.05, 0) is 48.9 Å². The van der Waals surface area contributed by atoms with Gasteiger partial charge in [0.25, 0.3) is 0 Å². The second-order valence-corrected chi connectivity index (χ2v) is 8.07. The zero-order valence-electron chi connectivity index (χ0n) is 11.7. The van der Waals surface area contributed by atoms with Gasteiger partial charge in [-0.15, -0.1) is 0 Å². The van der Waals surface area contributed by atoms with Crippen molar-refractivity contribution in [1.29, 1.82) is 5.26 Å². The Morgan fingerprint density at radius 2 is 2.05 bits per heavy atom. The van der Waals surface area contributed by atoms with E-state index in [0.29, 0.717) is 24.0 Å². The van der Waals surface area contributed by atoms with E-state index < -0.39 is 22.2 Å². The van der Waals surface area contributed by atoms with E-state index in [0.717, 1.165) is 19.3 Å². The minimum absolute atomic E-state index is 0.0132. The molecule has 2 atom stereocenters. The molecule has 5 heteroatoms. The first kappa shape index (κ1) is 14.7. The van der Waals surface area contributed by atoms with E-state index in [4.69, 9.17) is 5.26 Å². The normalized spacial score (nSPS) is 35.2. The number of benzene rings is 1. The third-order valence-electron chi connectivity index (χ3n) is 4.68. The summed E-state index contributed by atoms with van der Waals surface area (Å²) in [5, 5.41) is 20.0. The predicted molar refractivity (Wildman–Crippen MR) is 78.4 cm³/mol. The molecule has 0 spiro atoms. The molecule has 2 saturated heterocycles. The first-order valence-electron chi connectivity index (χ1n) is 7.31. The van der Waals surface area contributed by atoms with Gasteiger partial charge in [-0.3, -0.25) is 4.21 Å². The summed E-state index contributed by atoms with van der Waals surface area (Å²) in [7, 11) is -0.891. The maximum atomic E-state index is 13.6. The fourth-order valence-electron chi connectivity index (χ4n) is 3.72. The highest BCUT2D eigenvalue weighted by Crippen LogP contribution is 2.45. The number of rotatable bonds is 2. The Labute approximate surface area is 126 Å². The maximum Gasteiger partial charge on any atom is 0.123 e. The Bertz CT molecular complexity index is 609. The Kier molecular flexibility index (Phi) is 3.85. The van der Waals surface area contributed by atoms with Crippen LogP contribution >= 0.6 is 0 Å². The van der Waals surface area contributed by atoms with Crippen LogP contribution < -0.4 is 0 Å². The average Bonchev–Trinajstić information content (AvgIpc) is 2.43. The molecule has 1 aromatic carbocycles. The standard InChI is InChI=1S/C16H18FNO2S/c17-12-5-4-11(6-7-18)15(8-12)16(19)9-13-2-1-3-14(10-16)21(13)20/h4-5,8,13-14,19H,1-3,6,9-10H2. The van der Waals surface area contributed by atoms with Crippen molar-refractivity contribution in [3.8, 4) is 6.07 Å². The van der Waals surface area contributed by atoms with E-state index in [1.54, 1.807) is 6.07 Å². The molecular formula is C16H18FNO2S. The van der Waals surface area contributed by atoms with Gasteiger partial charge in [0, 0.05) is 21.3 Å². The summed E-state index contributed by atoms with van der Waals surface area (Å²) < 4.78 is 25.9. The van der Waals surface area contributed by atoms with Crippen molar-refractivity contribution in [3.05, 3.63) is 35.1 Å². The van der Waals surface area contributed by atoms with Crippen LogP contribution in [0, 0.1) is 17.1 Å². The number of aliphatic hydroxyl groups is 1. The molecule has 0 saturated carbocycles. The Hall–Kier alpha value is -1.25. The van der Waals surface area contributed by atoms with Gasteiger partial charge in [0.15, 0.2) is 0 Å². The number of fused-ring (bicyclic) bond motifs is 2. The smallest absolute Gasteiger partial charge is 0.123 e. The Morgan fingerprint density at radius 3 is 2.67 bits per heavy atom. The minimum atomic E-state index is -1.15. The van der Waals surface area contributed by atoms with Crippen molar-refractivity contribution >= 4 is 10.8 Å². The molecule has 2 fully saturated rings. The van der Waals surface area contributed by atoms with Crippen molar-refractivity contribution in [2.24, 2.45) is 0 Å². The van der Waals surface area contributed by atoms with Crippen LogP contribution in [0.15, 0.2) is 18.2 Å². The van der Waals surface area contributed by atoms with Crippen LogP contribution in [-0.4, -0.2) is 19.8 Å². The first-order chi connectivity index (χ1) is 10.0. The third-order valence-corrected chi connectivity index (χ3v) is 6.80. The SMILES string of the molecule is N#CCc1ccc(F)cc1C1(O)CC2CCCC(C1)S2=O. The Morgan fingerprint density at radius 1 is 1.38 bits per heavy atom. The summed E-state index contributed by atoms with van der Waals surface area (Å²) in [6.07, 6.45) is 3.71. The lowest BCUT2D eigenvalue weighted by atomic mass is 9.78. The highest BCUT2D eigenvalue weighted by molar-refractivity contribution is 7.86. The molecule has 2 aliphatic rings. The molecule has 3 rings (SSSR count). The number of nitrogens with zero attached hydrogens (tertiary/aromatic N) is 1. The minimum Gasteiger partial charge on any atom is -0.385 e. The lowest BCUT2D eigenvalue weighted by Gasteiger charge is -2.44. The maximum absolute atomic E-state index is 13.6. The third kappa shape index (κ3) is 2.63. The number of hydrogen-bond acceptors (Lipinski definition) is 3. The van der Waals surface area contributed by atoms with Gasteiger partial charge in [0.05, 0.1) is 18.1 Å². The van der Waals surface area contributed by atoms with Gasteiger partial charge in [-0.1, -0.05) is 12.5 Å². The summed E-state index contributed by atoms with van der Waals surface area (Å²) >= 11 is 0. The van der Waals surface area contributed by atoms with Crippen LogP contribution in [0.5, 0.6) is 0 Å². The predicted octanol–water partition coefficient (Wildman–Crippen LogP) is 2.54.